The zero-order chi connectivity index (χ0) is 20.1. The fourth-order valence-electron chi connectivity index (χ4n) is 2.93. The van der Waals surface area contributed by atoms with Crippen molar-refractivity contribution in [1.82, 2.24) is 10.6 Å². The van der Waals surface area contributed by atoms with E-state index >= 15 is 0 Å². The Hall–Kier alpha value is -3.48. The molecular weight excluding hydrogens is 356 g/mol. The summed E-state index contributed by atoms with van der Waals surface area (Å²) in [6, 6.07) is 14.5. The lowest BCUT2D eigenvalue weighted by Crippen LogP contribution is -2.39. The molecule has 0 unspecified atom stereocenters. The average molecular weight is 378 g/mol. The van der Waals surface area contributed by atoms with Crippen molar-refractivity contribution < 1.29 is 14.4 Å². The predicted molar refractivity (Wildman–Crippen MR) is 107 cm³/mol. The molecule has 7 heteroatoms. The van der Waals surface area contributed by atoms with Crippen LogP contribution in [-0.4, -0.2) is 30.5 Å². The predicted octanol–water partition coefficient (Wildman–Crippen LogP) is 2.15. The number of aryl methyl sites for hydroxylation is 1. The Morgan fingerprint density at radius 1 is 1.07 bits per heavy atom. The van der Waals surface area contributed by atoms with Crippen LogP contribution in [0.1, 0.15) is 34.3 Å². The summed E-state index contributed by atoms with van der Waals surface area (Å²) in [6.45, 7) is 2.20. The highest BCUT2D eigenvalue weighted by Crippen LogP contribution is 2.21. The first kappa shape index (κ1) is 19.3. The van der Waals surface area contributed by atoms with Crippen molar-refractivity contribution in [3.63, 3.8) is 0 Å². The van der Waals surface area contributed by atoms with E-state index in [1.165, 1.54) is 5.01 Å². The number of hydrazone groups is 1. The lowest BCUT2D eigenvalue weighted by Gasteiger charge is -2.23. The van der Waals surface area contributed by atoms with Gasteiger partial charge in [0.1, 0.15) is 5.71 Å². The van der Waals surface area contributed by atoms with Crippen LogP contribution >= 0.6 is 0 Å². The highest BCUT2D eigenvalue weighted by molar-refractivity contribution is 6.40. The van der Waals surface area contributed by atoms with Gasteiger partial charge in [0, 0.05) is 32.0 Å². The Labute approximate surface area is 163 Å². The molecule has 0 radical (unpaired) electrons. The molecule has 1 aliphatic heterocycles. The molecule has 3 amide bonds. The van der Waals surface area contributed by atoms with Crippen molar-refractivity contribution in [3.8, 4) is 0 Å². The van der Waals surface area contributed by atoms with Crippen LogP contribution in [0.25, 0.3) is 0 Å². The normalized spacial score (nSPS) is 13.7. The number of hydrogen-bond donors (Lipinski definition) is 2. The van der Waals surface area contributed by atoms with Crippen LogP contribution in [0.5, 0.6) is 0 Å². The minimum atomic E-state index is -0.324. The molecule has 0 saturated heterocycles. The van der Waals surface area contributed by atoms with Crippen molar-refractivity contribution in [2.45, 2.75) is 26.3 Å². The number of carbonyl (C=O) groups is 3. The topological polar surface area (TPSA) is 90.9 Å². The molecule has 7 nitrogen and oxygen atoms in total. The number of rotatable bonds is 5. The van der Waals surface area contributed by atoms with E-state index in [1.54, 1.807) is 31.3 Å². The van der Waals surface area contributed by atoms with Gasteiger partial charge >= 0.3 is 0 Å². The first-order valence-corrected chi connectivity index (χ1v) is 9.04. The van der Waals surface area contributed by atoms with Crippen LogP contribution in [-0.2, 0) is 16.1 Å². The van der Waals surface area contributed by atoms with Gasteiger partial charge in [0.25, 0.3) is 11.8 Å². The number of amides is 3. The minimum Gasteiger partial charge on any atom is -0.355 e. The third-order valence-electron chi connectivity index (χ3n) is 4.41. The van der Waals surface area contributed by atoms with Crippen molar-refractivity contribution in [2.75, 3.05) is 12.1 Å². The van der Waals surface area contributed by atoms with Gasteiger partial charge in [0.2, 0.25) is 5.91 Å². The molecule has 0 aliphatic carbocycles. The standard InChI is InChI=1S/C21H22N4O3/c1-14-5-3-8-17(11-14)25-19(26)10-9-18(24-25)21(28)23-13-15-6-4-7-16(12-15)20(27)22-2/h3-8,11-12H,9-10,13H2,1-2H3,(H,22,27)(H,23,28). The van der Waals surface area contributed by atoms with E-state index < -0.39 is 0 Å². The van der Waals surface area contributed by atoms with Crippen LogP contribution in [0.2, 0.25) is 0 Å². The molecule has 0 fully saturated rings. The lowest BCUT2D eigenvalue weighted by atomic mass is 10.1. The molecule has 1 heterocycles. The molecule has 0 spiro atoms. The fourth-order valence-corrected chi connectivity index (χ4v) is 2.93. The van der Waals surface area contributed by atoms with Crippen LogP contribution in [0.4, 0.5) is 5.69 Å². The first-order chi connectivity index (χ1) is 13.5. The second kappa shape index (κ2) is 8.47. The summed E-state index contributed by atoms with van der Waals surface area (Å²) in [5, 5.41) is 10.9. The maximum absolute atomic E-state index is 12.5. The maximum atomic E-state index is 12.5. The van der Waals surface area contributed by atoms with Crippen LogP contribution in [0, 0.1) is 6.92 Å². The van der Waals surface area contributed by atoms with E-state index in [0.717, 1.165) is 11.1 Å². The molecule has 2 aromatic carbocycles. The Bertz CT molecular complexity index is 952. The summed E-state index contributed by atoms with van der Waals surface area (Å²) in [4.78, 5) is 36.5. The number of nitrogens with zero attached hydrogens (tertiary/aromatic N) is 2. The quantitative estimate of drug-likeness (QED) is 0.835. The van der Waals surface area contributed by atoms with Gasteiger partial charge in [0.15, 0.2) is 0 Å². The van der Waals surface area contributed by atoms with E-state index in [9.17, 15) is 14.4 Å². The molecule has 2 aromatic rings. The molecule has 0 atom stereocenters. The van der Waals surface area contributed by atoms with E-state index in [2.05, 4.69) is 15.7 Å². The molecule has 1 aliphatic rings. The smallest absolute Gasteiger partial charge is 0.267 e. The van der Waals surface area contributed by atoms with Gasteiger partial charge in [-0.1, -0.05) is 24.3 Å². The molecule has 28 heavy (non-hydrogen) atoms. The highest BCUT2D eigenvalue weighted by atomic mass is 16.2. The van der Waals surface area contributed by atoms with Gasteiger partial charge in [0.05, 0.1) is 5.69 Å². The van der Waals surface area contributed by atoms with Gasteiger partial charge in [-0.3, -0.25) is 14.4 Å². The Kier molecular flexibility index (Phi) is 5.84. The molecule has 144 valence electrons. The second-order valence-corrected chi connectivity index (χ2v) is 6.55. The lowest BCUT2D eigenvalue weighted by molar-refractivity contribution is -0.119. The maximum Gasteiger partial charge on any atom is 0.267 e. The third-order valence-corrected chi connectivity index (χ3v) is 4.41. The third kappa shape index (κ3) is 4.43. The zero-order valence-electron chi connectivity index (χ0n) is 15.9. The van der Waals surface area contributed by atoms with E-state index in [1.807, 2.05) is 31.2 Å². The number of benzene rings is 2. The largest absolute Gasteiger partial charge is 0.355 e. The Balaban J connectivity index is 1.71. The molecular formula is C21H22N4O3. The van der Waals surface area contributed by atoms with E-state index in [4.69, 9.17) is 0 Å². The summed E-state index contributed by atoms with van der Waals surface area (Å²) < 4.78 is 0. The average Bonchev–Trinajstić information content (AvgIpc) is 2.72. The number of hydrogen-bond acceptors (Lipinski definition) is 4. The van der Waals surface area contributed by atoms with Gasteiger partial charge in [-0.05, 0) is 42.3 Å². The number of nitrogens with one attached hydrogen (secondary N) is 2. The Morgan fingerprint density at radius 2 is 1.86 bits per heavy atom. The second-order valence-electron chi connectivity index (χ2n) is 6.55. The van der Waals surface area contributed by atoms with Crippen LogP contribution in [0.3, 0.4) is 0 Å². The van der Waals surface area contributed by atoms with Crippen LogP contribution < -0.4 is 15.6 Å². The SMILES string of the molecule is CNC(=O)c1cccc(CNC(=O)C2=NN(c3cccc(C)c3)C(=O)CC2)c1. The summed E-state index contributed by atoms with van der Waals surface area (Å²) in [5.74, 6) is -0.645. The number of carbonyl (C=O) groups excluding carboxylic acids is 3. The van der Waals surface area contributed by atoms with E-state index in [-0.39, 0.29) is 30.7 Å². The van der Waals surface area contributed by atoms with Crippen molar-refractivity contribution in [2.24, 2.45) is 5.10 Å². The summed E-state index contributed by atoms with van der Waals surface area (Å²) >= 11 is 0. The van der Waals surface area contributed by atoms with Crippen molar-refractivity contribution >= 4 is 29.1 Å². The summed E-state index contributed by atoms with van der Waals surface area (Å²) in [6.07, 6.45) is 0.525. The molecule has 0 aromatic heterocycles. The molecule has 0 saturated carbocycles. The zero-order valence-corrected chi connectivity index (χ0v) is 15.9. The fraction of sp³-hybridized carbons (Fsp3) is 0.238. The van der Waals surface area contributed by atoms with Gasteiger partial charge < -0.3 is 10.6 Å². The minimum absolute atomic E-state index is 0.138. The monoisotopic (exact) mass is 378 g/mol. The molecule has 2 N–H and O–H groups in total. The van der Waals surface area contributed by atoms with Crippen molar-refractivity contribution in [3.05, 3.63) is 65.2 Å². The van der Waals surface area contributed by atoms with Gasteiger partial charge in [-0.25, -0.2) is 5.01 Å². The van der Waals surface area contributed by atoms with Crippen LogP contribution in [0.15, 0.2) is 53.6 Å². The van der Waals surface area contributed by atoms with Gasteiger partial charge in [-0.2, -0.15) is 5.10 Å². The first-order valence-electron chi connectivity index (χ1n) is 9.04. The highest BCUT2D eigenvalue weighted by Gasteiger charge is 2.25. The van der Waals surface area contributed by atoms with Gasteiger partial charge in [-0.15, -0.1) is 0 Å². The van der Waals surface area contributed by atoms with Crippen molar-refractivity contribution in [1.29, 1.82) is 0 Å². The number of anilines is 1. The Morgan fingerprint density at radius 3 is 2.61 bits per heavy atom. The van der Waals surface area contributed by atoms with E-state index in [0.29, 0.717) is 23.4 Å². The molecule has 0 bridgehead atoms. The summed E-state index contributed by atoms with van der Waals surface area (Å²) in [5.41, 5.74) is 3.29. The summed E-state index contributed by atoms with van der Waals surface area (Å²) in [7, 11) is 1.57. The molecule has 3 rings (SSSR count).